The number of amides is 1. The number of carboxylic acid groups (broad SMARTS) is 1. The van der Waals surface area contributed by atoms with Crippen LogP contribution in [0, 0.1) is 10.1 Å². The highest BCUT2D eigenvalue weighted by Crippen LogP contribution is 2.26. The summed E-state index contributed by atoms with van der Waals surface area (Å²) in [6, 6.07) is 11.1. The van der Waals surface area contributed by atoms with Gasteiger partial charge >= 0.3 is 0 Å². The van der Waals surface area contributed by atoms with Crippen LogP contribution in [0.3, 0.4) is 0 Å². The van der Waals surface area contributed by atoms with Crippen molar-refractivity contribution in [3.8, 4) is 5.75 Å². The minimum atomic E-state index is -1.35. The maximum absolute atomic E-state index is 11.7. The maximum atomic E-state index is 11.7. The Hall–Kier alpha value is -3.44. The number of carbonyl (C=O) groups is 2. The molecule has 12 heteroatoms. The van der Waals surface area contributed by atoms with E-state index in [1.54, 1.807) is 24.3 Å². The van der Waals surface area contributed by atoms with Crippen LogP contribution in [0.15, 0.2) is 52.7 Å². The number of halogens is 1. The molecular weight excluding hydrogens is 448 g/mol. The number of carboxylic acids is 1. The highest BCUT2D eigenvalue weighted by atomic mass is 35.5. The average Bonchev–Trinajstić information content (AvgIpc) is 3.06. The van der Waals surface area contributed by atoms with Gasteiger partial charge in [-0.05, 0) is 12.1 Å². The van der Waals surface area contributed by atoms with E-state index in [0.717, 1.165) is 17.3 Å². The van der Waals surface area contributed by atoms with Crippen molar-refractivity contribution in [2.24, 2.45) is 10.2 Å². The van der Waals surface area contributed by atoms with Crippen LogP contribution in [0.5, 0.6) is 5.75 Å². The normalized spacial score (nSPS) is 17.1. The van der Waals surface area contributed by atoms with Gasteiger partial charge < -0.3 is 20.0 Å². The molecule has 1 amide bonds. The number of hydrogen-bond acceptors (Lipinski definition) is 9. The first-order valence-corrected chi connectivity index (χ1v) is 10.0. The number of benzene rings is 2. The monoisotopic (exact) mass is 461 g/mol. The summed E-state index contributed by atoms with van der Waals surface area (Å²) >= 11 is 7.02. The van der Waals surface area contributed by atoms with E-state index in [-0.39, 0.29) is 23.0 Å². The number of nitrogens with zero attached hydrogens (tertiary/aromatic N) is 3. The summed E-state index contributed by atoms with van der Waals surface area (Å²) in [5.74, 6) is -1.55. The molecule has 0 bridgehead atoms. The average molecular weight is 462 g/mol. The van der Waals surface area contributed by atoms with E-state index in [2.05, 4.69) is 15.5 Å². The number of hydrogen-bond donors (Lipinski definition) is 1. The lowest BCUT2D eigenvalue weighted by Crippen LogP contribution is -2.31. The van der Waals surface area contributed by atoms with Crippen molar-refractivity contribution in [3.05, 3.63) is 68.7 Å². The zero-order chi connectivity index (χ0) is 22.4. The lowest BCUT2D eigenvalue weighted by atomic mass is 10.2. The molecule has 0 radical (unpaired) electrons. The molecule has 1 fully saturated rings. The molecule has 0 spiro atoms. The minimum absolute atomic E-state index is 0.108. The van der Waals surface area contributed by atoms with Gasteiger partial charge in [0.2, 0.25) is 5.91 Å². The Morgan fingerprint density at radius 3 is 2.81 bits per heavy atom. The van der Waals surface area contributed by atoms with Crippen LogP contribution in [0.25, 0.3) is 0 Å². The molecule has 1 aliphatic rings. The fraction of sp³-hybridized carbons (Fsp3) is 0.158. The van der Waals surface area contributed by atoms with Gasteiger partial charge in [-0.3, -0.25) is 14.9 Å². The van der Waals surface area contributed by atoms with Crippen LogP contribution in [-0.4, -0.2) is 33.4 Å². The molecule has 0 saturated carbocycles. The van der Waals surface area contributed by atoms with Gasteiger partial charge in [-0.1, -0.05) is 41.6 Å². The van der Waals surface area contributed by atoms with E-state index in [9.17, 15) is 24.8 Å². The molecule has 1 aliphatic heterocycles. The number of rotatable bonds is 8. The number of nitrogens with one attached hydrogen (secondary N) is 1. The topological polar surface area (TPSA) is 146 Å². The number of non-ortho nitro benzene ring substituents is 1. The molecule has 0 unspecified atom stereocenters. The fourth-order valence-corrected chi connectivity index (χ4v) is 3.63. The standard InChI is InChI=1S/C19H15ClN4O6S/c20-14-4-2-1-3-11(14)10-30-15-6-5-13(24(28)29)7-12(15)9-21-23-19-22-18(27)16(31-19)8-17(25)26/h1-7,9,16H,8,10H2,(H,25,26)(H,22,23,27)/p-1/b21-9-/t16-/m0/s1. The predicted octanol–water partition coefficient (Wildman–Crippen LogP) is 1.89. The SMILES string of the molecule is O=C([O-])C[C@@H]1S/C(=N\N=C/c2cc([N+](=O)[O-])ccc2OCc2ccccc2Cl)NC1=O. The zero-order valence-corrected chi connectivity index (χ0v) is 17.3. The van der Waals surface area contributed by atoms with Gasteiger partial charge in [0.1, 0.15) is 12.4 Å². The van der Waals surface area contributed by atoms with Crippen molar-refractivity contribution in [2.75, 3.05) is 0 Å². The van der Waals surface area contributed by atoms with Crippen molar-refractivity contribution in [1.82, 2.24) is 5.32 Å². The molecule has 0 aliphatic carbocycles. The second-order valence-corrected chi connectivity index (χ2v) is 7.78. The Balaban J connectivity index is 1.77. The number of amidine groups is 1. The van der Waals surface area contributed by atoms with E-state index < -0.39 is 28.5 Å². The highest BCUT2D eigenvalue weighted by molar-refractivity contribution is 8.15. The van der Waals surface area contributed by atoms with Gasteiger partial charge in [-0.15, -0.1) is 5.10 Å². The number of carbonyl (C=O) groups excluding carboxylic acids is 2. The first-order chi connectivity index (χ1) is 14.8. The Bertz CT molecular complexity index is 1090. The van der Waals surface area contributed by atoms with Gasteiger partial charge in [0, 0.05) is 40.7 Å². The molecule has 0 aromatic heterocycles. The summed E-state index contributed by atoms with van der Waals surface area (Å²) in [5.41, 5.74) is 0.845. The van der Waals surface area contributed by atoms with Crippen LogP contribution in [0.4, 0.5) is 5.69 Å². The second kappa shape index (κ2) is 10.0. The van der Waals surface area contributed by atoms with E-state index >= 15 is 0 Å². The Labute approximate surface area is 185 Å². The molecular formula is C19H14ClN4O6S-. The largest absolute Gasteiger partial charge is 0.550 e. The van der Waals surface area contributed by atoms with Crippen LogP contribution in [0.2, 0.25) is 5.02 Å². The summed E-state index contributed by atoms with van der Waals surface area (Å²) in [6.07, 6.45) is 0.783. The molecule has 2 aromatic carbocycles. The lowest BCUT2D eigenvalue weighted by molar-refractivity contribution is -0.384. The van der Waals surface area contributed by atoms with Crippen LogP contribution >= 0.6 is 23.4 Å². The number of thioether (sulfide) groups is 1. The van der Waals surface area contributed by atoms with Crippen LogP contribution in [0.1, 0.15) is 17.5 Å². The third-order valence-corrected chi connectivity index (χ3v) is 5.46. The van der Waals surface area contributed by atoms with E-state index in [0.29, 0.717) is 10.8 Å². The maximum Gasteiger partial charge on any atom is 0.270 e. The quantitative estimate of drug-likeness (QED) is 0.358. The minimum Gasteiger partial charge on any atom is -0.550 e. The Morgan fingerprint density at radius 1 is 1.32 bits per heavy atom. The van der Waals surface area contributed by atoms with E-state index in [4.69, 9.17) is 16.3 Å². The third-order valence-electron chi connectivity index (χ3n) is 4.02. The first-order valence-electron chi connectivity index (χ1n) is 8.76. The number of aliphatic carboxylic acids is 1. The van der Waals surface area contributed by atoms with Gasteiger partial charge in [0.15, 0.2) is 5.17 Å². The van der Waals surface area contributed by atoms with Crippen LogP contribution in [-0.2, 0) is 16.2 Å². The van der Waals surface area contributed by atoms with E-state index in [1.807, 2.05) is 0 Å². The summed E-state index contributed by atoms with van der Waals surface area (Å²) in [5, 5.41) is 31.6. The zero-order valence-electron chi connectivity index (χ0n) is 15.7. The molecule has 3 rings (SSSR count). The predicted molar refractivity (Wildman–Crippen MR) is 113 cm³/mol. The van der Waals surface area contributed by atoms with Crippen molar-refractivity contribution < 1.29 is 24.4 Å². The molecule has 1 saturated heterocycles. The molecule has 1 atom stereocenters. The fourth-order valence-electron chi connectivity index (χ4n) is 2.53. The first kappa shape index (κ1) is 22.2. The summed E-state index contributed by atoms with van der Waals surface area (Å²) in [6.45, 7) is 0.129. The molecule has 10 nitrogen and oxygen atoms in total. The highest BCUT2D eigenvalue weighted by Gasteiger charge is 2.30. The van der Waals surface area contributed by atoms with Gasteiger partial charge in [-0.25, -0.2) is 0 Å². The van der Waals surface area contributed by atoms with Gasteiger partial charge in [-0.2, -0.15) is 5.10 Å². The molecule has 31 heavy (non-hydrogen) atoms. The summed E-state index contributed by atoms with van der Waals surface area (Å²) in [7, 11) is 0. The third kappa shape index (κ3) is 6.03. The molecule has 1 heterocycles. The van der Waals surface area contributed by atoms with Gasteiger partial charge in [0.05, 0.1) is 16.4 Å². The van der Waals surface area contributed by atoms with E-state index in [1.165, 1.54) is 24.4 Å². The number of nitro benzene ring substituents is 1. The van der Waals surface area contributed by atoms with Crippen molar-refractivity contribution >= 4 is 52.3 Å². The van der Waals surface area contributed by atoms with Crippen molar-refractivity contribution in [2.45, 2.75) is 18.3 Å². The molecule has 1 N–H and O–H groups in total. The Kier molecular flexibility index (Phi) is 7.21. The molecule has 160 valence electrons. The van der Waals surface area contributed by atoms with Crippen molar-refractivity contribution in [1.29, 1.82) is 0 Å². The number of ether oxygens (including phenoxy) is 1. The smallest absolute Gasteiger partial charge is 0.270 e. The summed E-state index contributed by atoms with van der Waals surface area (Å²) < 4.78 is 5.75. The lowest BCUT2D eigenvalue weighted by Gasteiger charge is -2.10. The van der Waals surface area contributed by atoms with Gasteiger partial charge in [0.25, 0.3) is 5.69 Å². The van der Waals surface area contributed by atoms with Crippen molar-refractivity contribution in [3.63, 3.8) is 0 Å². The molecule has 2 aromatic rings. The summed E-state index contributed by atoms with van der Waals surface area (Å²) in [4.78, 5) is 32.9. The van der Waals surface area contributed by atoms with Crippen LogP contribution < -0.4 is 15.2 Å². The number of nitro groups is 1. The Morgan fingerprint density at radius 2 is 2.10 bits per heavy atom. The second-order valence-electron chi connectivity index (χ2n) is 6.18.